The number of carboxylic acids is 1. The fraction of sp³-hybridized carbons (Fsp3) is 0.438. The number of benzene rings is 1. The van der Waals surface area contributed by atoms with Gasteiger partial charge in [0.1, 0.15) is 12.6 Å². The Balaban J connectivity index is 2.23. The first-order valence-electron chi connectivity index (χ1n) is 7.61. The molecule has 2 rings (SSSR count). The number of hydrogen-bond donors (Lipinski definition) is 1. The molecule has 1 aromatic carbocycles. The molecule has 1 unspecified atom stereocenters. The van der Waals surface area contributed by atoms with Crippen molar-refractivity contribution in [2.45, 2.75) is 25.8 Å². The molecular formula is C16H18Cl2N2O4. The van der Waals surface area contributed by atoms with E-state index in [9.17, 15) is 14.4 Å². The Morgan fingerprint density at radius 1 is 1.33 bits per heavy atom. The second kappa shape index (κ2) is 7.85. The number of halogens is 2. The normalized spacial score (nSPS) is 17.0. The standard InChI is InChI=1S/C16H18Cl2N2O4/c1-2-19(9-14(21)22)16(24)13-4-3-7-20(13)15(23)11-8-10(17)5-6-12(11)18/h5-6,8,13H,2-4,7,9H2,1H3,(H,21,22). The van der Waals surface area contributed by atoms with Crippen LogP contribution in [0.4, 0.5) is 0 Å². The molecule has 0 aromatic heterocycles. The quantitative estimate of drug-likeness (QED) is 0.861. The molecule has 0 saturated carbocycles. The first-order valence-corrected chi connectivity index (χ1v) is 8.37. The summed E-state index contributed by atoms with van der Waals surface area (Å²) in [5, 5.41) is 9.56. The van der Waals surface area contributed by atoms with Crippen LogP contribution >= 0.6 is 23.2 Å². The molecule has 24 heavy (non-hydrogen) atoms. The molecule has 0 aliphatic carbocycles. The molecule has 1 atom stereocenters. The average Bonchev–Trinajstić information content (AvgIpc) is 3.02. The summed E-state index contributed by atoms with van der Waals surface area (Å²) in [5.41, 5.74) is 0.241. The smallest absolute Gasteiger partial charge is 0.323 e. The Morgan fingerprint density at radius 3 is 2.67 bits per heavy atom. The molecule has 1 aliphatic rings. The predicted molar refractivity (Wildman–Crippen MR) is 90.4 cm³/mol. The van der Waals surface area contributed by atoms with Gasteiger partial charge in [0.25, 0.3) is 5.91 Å². The Bertz CT molecular complexity index is 665. The van der Waals surface area contributed by atoms with Gasteiger partial charge in [-0.3, -0.25) is 14.4 Å². The van der Waals surface area contributed by atoms with E-state index in [0.29, 0.717) is 24.4 Å². The zero-order valence-corrected chi connectivity index (χ0v) is 14.7. The number of amides is 2. The molecule has 0 bridgehead atoms. The maximum absolute atomic E-state index is 12.8. The molecular weight excluding hydrogens is 355 g/mol. The van der Waals surface area contributed by atoms with Crippen molar-refractivity contribution in [3.63, 3.8) is 0 Å². The largest absolute Gasteiger partial charge is 0.480 e. The molecule has 130 valence electrons. The van der Waals surface area contributed by atoms with Crippen LogP contribution in [-0.4, -0.2) is 58.4 Å². The van der Waals surface area contributed by atoms with Crippen LogP contribution in [-0.2, 0) is 9.59 Å². The highest BCUT2D eigenvalue weighted by Gasteiger charge is 2.37. The third-order valence-corrected chi connectivity index (χ3v) is 4.54. The van der Waals surface area contributed by atoms with Gasteiger partial charge in [-0.05, 0) is 38.0 Å². The number of likely N-dealkylation sites (tertiary alicyclic amines) is 1. The van der Waals surface area contributed by atoms with Gasteiger partial charge in [0.2, 0.25) is 5.91 Å². The summed E-state index contributed by atoms with van der Waals surface area (Å²) in [4.78, 5) is 39.0. The van der Waals surface area contributed by atoms with Crippen LogP contribution in [0, 0.1) is 0 Å². The summed E-state index contributed by atoms with van der Waals surface area (Å²) in [5.74, 6) is -1.81. The maximum Gasteiger partial charge on any atom is 0.323 e. The number of carbonyl (C=O) groups excluding carboxylic acids is 2. The number of carboxylic acid groups (broad SMARTS) is 1. The Kier molecular flexibility index (Phi) is 6.07. The highest BCUT2D eigenvalue weighted by molar-refractivity contribution is 6.35. The van der Waals surface area contributed by atoms with E-state index in [-0.39, 0.29) is 35.5 Å². The highest BCUT2D eigenvalue weighted by atomic mass is 35.5. The molecule has 1 N–H and O–H groups in total. The van der Waals surface area contributed by atoms with Crippen molar-refractivity contribution in [2.24, 2.45) is 0 Å². The van der Waals surface area contributed by atoms with Gasteiger partial charge in [0.15, 0.2) is 0 Å². The van der Waals surface area contributed by atoms with Gasteiger partial charge in [-0.15, -0.1) is 0 Å². The van der Waals surface area contributed by atoms with Crippen molar-refractivity contribution in [2.75, 3.05) is 19.6 Å². The number of likely N-dealkylation sites (N-methyl/N-ethyl adjacent to an activating group) is 1. The van der Waals surface area contributed by atoms with E-state index in [2.05, 4.69) is 0 Å². The van der Waals surface area contributed by atoms with Crippen LogP contribution in [0.2, 0.25) is 10.0 Å². The van der Waals surface area contributed by atoms with Crippen LogP contribution in [0.3, 0.4) is 0 Å². The zero-order valence-electron chi connectivity index (χ0n) is 13.2. The third kappa shape index (κ3) is 3.99. The van der Waals surface area contributed by atoms with E-state index in [4.69, 9.17) is 28.3 Å². The molecule has 6 nitrogen and oxygen atoms in total. The van der Waals surface area contributed by atoms with Crippen molar-refractivity contribution < 1.29 is 19.5 Å². The topological polar surface area (TPSA) is 77.9 Å². The maximum atomic E-state index is 12.8. The van der Waals surface area contributed by atoms with Crippen LogP contribution in [0.5, 0.6) is 0 Å². The average molecular weight is 373 g/mol. The summed E-state index contributed by atoms with van der Waals surface area (Å²) in [6, 6.07) is 3.92. The summed E-state index contributed by atoms with van der Waals surface area (Å²) in [7, 11) is 0. The van der Waals surface area contributed by atoms with Crippen LogP contribution < -0.4 is 0 Å². The lowest BCUT2D eigenvalue weighted by atomic mass is 10.1. The SMILES string of the molecule is CCN(CC(=O)O)C(=O)C1CCCN1C(=O)c1cc(Cl)ccc1Cl. The molecule has 1 fully saturated rings. The molecule has 1 aliphatic heterocycles. The summed E-state index contributed by atoms with van der Waals surface area (Å²) in [6.45, 7) is 2.01. The highest BCUT2D eigenvalue weighted by Crippen LogP contribution is 2.27. The minimum Gasteiger partial charge on any atom is -0.480 e. The second-order valence-corrected chi connectivity index (χ2v) is 6.37. The first-order chi connectivity index (χ1) is 11.3. The fourth-order valence-electron chi connectivity index (χ4n) is 2.80. The van der Waals surface area contributed by atoms with E-state index < -0.39 is 12.0 Å². The van der Waals surface area contributed by atoms with Gasteiger partial charge < -0.3 is 14.9 Å². The number of aliphatic carboxylic acids is 1. The molecule has 0 radical (unpaired) electrons. The fourth-order valence-corrected chi connectivity index (χ4v) is 3.17. The van der Waals surface area contributed by atoms with Crippen molar-refractivity contribution >= 4 is 41.0 Å². The van der Waals surface area contributed by atoms with Crippen molar-refractivity contribution in [1.82, 2.24) is 9.80 Å². The Hall–Kier alpha value is -1.79. The van der Waals surface area contributed by atoms with Gasteiger partial charge in [-0.25, -0.2) is 0 Å². The second-order valence-electron chi connectivity index (χ2n) is 5.53. The van der Waals surface area contributed by atoms with E-state index in [1.165, 1.54) is 21.9 Å². The lowest BCUT2D eigenvalue weighted by molar-refractivity contribution is -0.146. The predicted octanol–water partition coefficient (Wildman–Crippen LogP) is 2.53. The lowest BCUT2D eigenvalue weighted by Gasteiger charge is -2.29. The molecule has 1 saturated heterocycles. The van der Waals surface area contributed by atoms with E-state index >= 15 is 0 Å². The first kappa shape index (κ1) is 18.5. The van der Waals surface area contributed by atoms with E-state index in [1.54, 1.807) is 13.0 Å². The summed E-state index contributed by atoms with van der Waals surface area (Å²) >= 11 is 12.0. The monoisotopic (exact) mass is 372 g/mol. The van der Waals surface area contributed by atoms with Crippen molar-refractivity contribution in [1.29, 1.82) is 0 Å². The van der Waals surface area contributed by atoms with Crippen LogP contribution in [0.25, 0.3) is 0 Å². The number of nitrogens with zero attached hydrogens (tertiary/aromatic N) is 2. The molecule has 1 aromatic rings. The van der Waals surface area contributed by atoms with Gasteiger partial charge in [0.05, 0.1) is 10.6 Å². The van der Waals surface area contributed by atoms with Gasteiger partial charge in [-0.2, -0.15) is 0 Å². The molecule has 1 heterocycles. The van der Waals surface area contributed by atoms with Crippen molar-refractivity contribution in [3.05, 3.63) is 33.8 Å². The molecule has 0 spiro atoms. The Morgan fingerprint density at radius 2 is 2.04 bits per heavy atom. The molecule has 8 heteroatoms. The zero-order chi connectivity index (χ0) is 17.9. The van der Waals surface area contributed by atoms with Gasteiger partial charge in [-0.1, -0.05) is 23.2 Å². The minimum atomic E-state index is -1.08. The van der Waals surface area contributed by atoms with Gasteiger partial charge in [0, 0.05) is 18.1 Å². The molecule has 2 amide bonds. The lowest BCUT2D eigenvalue weighted by Crippen LogP contribution is -2.49. The van der Waals surface area contributed by atoms with E-state index in [0.717, 1.165) is 0 Å². The number of carbonyl (C=O) groups is 3. The van der Waals surface area contributed by atoms with E-state index in [1.807, 2.05) is 0 Å². The third-order valence-electron chi connectivity index (χ3n) is 3.98. The summed E-state index contributed by atoms with van der Waals surface area (Å²) < 4.78 is 0. The number of rotatable bonds is 5. The Labute approximate surface area is 149 Å². The summed E-state index contributed by atoms with van der Waals surface area (Å²) in [6.07, 6.45) is 1.17. The van der Waals surface area contributed by atoms with Crippen LogP contribution in [0.1, 0.15) is 30.1 Å². The van der Waals surface area contributed by atoms with Gasteiger partial charge >= 0.3 is 5.97 Å². The van der Waals surface area contributed by atoms with Crippen LogP contribution in [0.15, 0.2) is 18.2 Å². The van der Waals surface area contributed by atoms with Crippen molar-refractivity contribution in [3.8, 4) is 0 Å². The number of hydrogen-bond acceptors (Lipinski definition) is 3. The minimum absolute atomic E-state index is 0.241.